The van der Waals surface area contributed by atoms with E-state index in [9.17, 15) is 9.59 Å². The number of halogens is 1. The van der Waals surface area contributed by atoms with Crippen LogP contribution in [-0.4, -0.2) is 23.3 Å². The maximum atomic E-state index is 12.3. The molecule has 0 unspecified atom stereocenters. The first-order chi connectivity index (χ1) is 12.6. The van der Waals surface area contributed by atoms with Crippen LogP contribution in [-0.2, 0) is 27.5 Å². The number of nitriles is 1. The summed E-state index contributed by atoms with van der Waals surface area (Å²) in [4.78, 5) is 26.1. The molecule has 0 radical (unpaired) electrons. The maximum absolute atomic E-state index is 12.3. The Morgan fingerprint density at radius 2 is 1.96 bits per heavy atom. The highest BCUT2D eigenvalue weighted by atomic mass is 35.5. The molecular formula is C20H17ClN2O3. The van der Waals surface area contributed by atoms with E-state index in [4.69, 9.17) is 21.6 Å². The minimum Gasteiger partial charge on any atom is -0.461 e. The van der Waals surface area contributed by atoms with Gasteiger partial charge in [0.05, 0.1) is 17.6 Å². The van der Waals surface area contributed by atoms with E-state index in [-0.39, 0.29) is 24.9 Å². The summed E-state index contributed by atoms with van der Waals surface area (Å²) < 4.78 is 5.33. The number of carbonyl (C=O) groups excluding carboxylic acids is 2. The van der Waals surface area contributed by atoms with Gasteiger partial charge in [-0.15, -0.1) is 0 Å². The van der Waals surface area contributed by atoms with Crippen LogP contribution in [0.3, 0.4) is 0 Å². The van der Waals surface area contributed by atoms with Crippen LogP contribution in [0.1, 0.15) is 23.1 Å². The molecule has 0 aliphatic carbocycles. The van der Waals surface area contributed by atoms with Crippen LogP contribution < -0.4 is 0 Å². The summed E-state index contributed by atoms with van der Waals surface area (Å²) in [6.45, 7) is 0.841. The fourth-order valence-electron chi connectivity index (χ4n) is 2.86. The van der Waals surface area contributed by atoms with Crippen LogP contribution in [0.5, 0.6) is 0 Å². The summed E-state index contributed by atoms with van der Waals surface area (Å²) >= 11 is 6.14. The molecule has 132 valence electrons. The lowest BCUT2D eigenvalue weighted by molar-refractivity contribution is -0.149. The van der Waals surface area contributed by atoms with Crippen LogP contribution in [0, 0.1) is 17.2 Å². The zero-order chi connectivity index (χ0) is 18.5. The highest BCUT2D eigenvalue weighted by Gasteiger charge is 2.35. The Hall–Kier alpha value is -2.84. The minimum atomic E-state index is -0.469. The third-order valence-electron chi connectivity index (χ3n) is 4.33. The summed E-state index contributed by atoms with van der Waals surface area (Å²) in [6, 6.07) is 16.2. The average Bonchev–Trinajstić information content (AvgIpc) is 3.02. The summed E-state index contributed by atoms with van der Waals surface area (Å²) in [6.07, 6.45) is 0.149. The molecule has 2 aromatic carbocycles. The Kier molecular flexibility index (Phi) is 5.55. The third-order valence-corrected chi connectivity index (χ3v) is 4.70. The number of carbonyl (C=O) groups is 2. The Morgan fingerprint density at radius 3 is 2.65 bits per heavy atom. The Balaban J connectivity index is 1.55. The Bertz CT molecular complexity index is 858. The number of esters is 1. The Morgan fingerprint density at radius 1 is 1.23 bits per heavy atom. The third kappa shape index (κ3) is 4.22. The molecule has 1 heterocycles. The van der Waals surface area contributed by atoms with Crippen molar-refractivity contribution in [2.75, 3.05) is 6.54 Å². The van der Waals surface area contributed by atoms with E-state index in [1.165, 1.54) is 0 Å². The van der Waals surface area contributed by atoms with Crippen LogP contribution in [0.2, 0.25) is 5.02 Å². The molecule has 6 heteroatoms. The van der Waals surface area contributed by atoms with Crippen molar-refractivity contribution in [3.8, 4) is 6.07 Å². The molecule has 1 atom stereocenters. The first-order valence-electron chi connectivity index (χ1n) is 8.23. The topological polar surface area (TPSA) is 70.4 Å². The number of nitrogens with zero attached hydrogens (tertiary/aromatic N) is 2. The summed E-state index contributed by atoms with van der Waals surface area (Å²) in [5.41, 5.74) is 2.21. The van der Waals surface area contributed by atoms with Crippen LogP contribution in [0.4, 0.5) is 0 Å². The summed E-state index contributed by atoms with van der Waals surface area (Å²) in [5, 5.41) is 9.39. The van der Waals surface area contributed by atoms with Crippen molar-refractivity contribution in [3.63, 3.8) is 0 Å². The van der Waals surface area contributed by atoms with Crippen molar-refractivity contribution < 1.29 is 14.3 Å². The molecule has 1 aliphatic heterocycles. The highest BCUT2D eigenvalue weighted by molar-refractivity contribution is 6.31. The molecule has 0 spiro atoms. The average molecular weight is 369 g/mol. The standard InChI is InChI=1S/C20H17ClN2O3/c21-18-4-2-1-3-16(18)11-23-12-17(9-19(23)24)20(25)26-13-15-7-5-14(10-22)6-8-15/h1-8,17H,9,11-13H2/t17-/m0/s1. The molecule has 26 heavy (non-hydrogen) atoms. The van der Waals surface area contributed by atoms with Gasteiger partial charge in [0.25, 0.3) is 0 Å². The van der Waals surface area contributed by atoms with Gasteiger partial charge in [0.2, 0.25) is 5.91 Å². The van der Waals surface area contributed by atoms with E-state index in [0.29, 0.717) is 23.7 Å². The second-order valence-corrected chi connectivity index (χ2v) is 6.59. The van der Waals surface area contributed by atoms with Crippen molar-refractivity contribution >= 4 is 23.5 Å². The summed E-state index contributed by atoms with van der Waals surface area (Å²) in [5.74, 6) is -0.932. The maximum Gasteiger partial charge on any atom is 0.311 e. The molecule has 0 bridgehead atoms. The molecule has 3 rings (SSSR count). The van der Waals surface area contributed by atoms with Crippen LogP contribution >= 0.6 is 11.6 Å². The minimum absolute atomic E-state index is 0.0785. The fraction of sp³-hybridized carbons (Fsp3) is 0.250. The number of rotatable bonds is 5. The molecule has 2 aromatic rings. The molecular weight excluding hydrogens is 352 g/mol. The number of hydrogen-bond donors (Lipinski definition) is 0. The largest absolute Gasteiger partial charge is 0.461 e. The van der Waals surface area contributed by atoms with E-state index >= 15 is 0 Å². The zero-order valence-electron chi connectivity index (χ0n) is 14.0. The number of ether oxygens (including phenoxy) is 1. The van der Waals surface area contributed by atoms with Gasteiger partial charge in [-0.3, -0.25) is 9.59 Å². The lowest BCUT2D eigenvalue weighted by Gasteiger charge is -2.17. The molecule has 1 amide bonds. The first-order valence-corrected chi connectivity index (χ1v) is 8.61. The van der Waals surface area contributed by atoms with Crippen molar-refractivity contribution in [2.24, 2.45) is 5.92 Å². The van der Waals surface area contributed by atoms with Crippen molar-refractivity contribution in [1.82, 2.24) is 4.90 Å². The van der Waals surface area contributed by atoms with Gasteiger partial charge in [-0.05, 0) is 29.3 Å². The smallest absolute Gasteiger partial charge is 0.311 e. The van der Waals surface area contributed by atoms with Gasteiger partial charge >= 0.3 is 5.97 Å². The molecule has 1 saturated heterocycles. The number of amides is 1. The summed E-state index contributed by atoms with van der Waals surface area (Å²) in [7, 11) is 0. The molecule has 0 N–H and O–H groups in total. The normalized spacial score (nSPS) is 16.4. The van der Waals surface area contributed by atoms with E-state index in [1.54, 1.807) is 35.2 Å². The number of hydrogen-bond acceptors (Lipinski definition) is 4. The second kappa shape index (κ2) is 8.03. The second-order valence-electron chi connectivity index (χ2n) is 6.18. The van der Waals surface area contributed by atoms with Crippen LogP contribution in [0.15, 0.2) is 48.5 Å². The molecule has 1 fully saturated rings. The predicted molar refractivity (Wildman–Crippen MR) is 95.9 cm³/mol. The van der Waals surface area contributed by atoms with Gasteiger partial charge < -0.3 is 9.64 Å². The van der Waals surface area contributed by atoms with Gasteiger partial charge in [-0.1, -0.05) is 41.9 Å². The SMILES string of the molecule is N#Cc1ccc(COC(=O)[C@H]2CC(=O)N(Cc3ccccc3Cl)C2)cc1. The lowest BCUT2D eigenvalue weighted by Crippen LogP contribution is -2.26. The Labute approximate surface area is 156 Å². The number of benzene rings is 2. The quantitative estimate of drug-likeness (QED) is 0.759. The molecule has 1 aliphatic rings. The highest BCUT2D eigenvalue weighted by Crippen LogP contribution is 2.24. The van der Waals surface area contributed by atoms with Crippen LogP contribution in [0.25, 0.3) is 0 Å². The monoisotopic (exact) mass is 368 g/mol. The van der Waals surface area contributed by atoms with Crippen molar-refractivity contribution in [3.05, 3.63) is 70.2 Å². The van der Waals surface area contributed by atoms with Gasteiger partial charge in [0.1, 0.15) is 6.61 Å². The molecule has 0 aromatic heterocycles. The zero-order valence-corrected chi connectivity index (χ0v) is 14.8. The van der Waals surface area contributed by atoms with E-state index in [0.717, 1.165) is 11.1 Å². The lowest BCUT2D eigenvalue weighted by atomic mass is 10.1. The number of likely N-dealkylation sites (tertiary alicyclic amines) is 1. The van der Waals surface area contributed by atoms with E-state index < -0.39 is 5.92 Å². The molecule has 0 saturated carbocycles. The van der Waals surface area contributed by atoms with Gasteiger partial charge in [0.15, 0.2) is 0 Å². The first kappa shape index (κ1) is 18.0. The van der Waals surface area contributed by atoms with E-state index in [1.807, 2.05) is 24.3 Å². The van der Waals surface area contributed by atoms with Gasteiger partial charge in [0, 0.05) is 24.5 Å². The van der Waals surface area contributed by atoms with Gasteiger partial charge in [-0.25, -0.2) is 0 Å². The molecule has 5 nitrogen and oxygen atoms in total. The van der Waals surface area contributed by atoms with Crippen molar-refractivity contribution in [2.45, 2.75) is 19.6 Å². The predicted octanol–water partition coefficient (Wildman–Crippen LogP) is 3.30. The van der Waals surface area contributed by atoms with E-state index in [2.05, 4.69) is 0 Å². The van der Waals surface area contributed by atoms with Gasteiger partial charge in [-0.2, -0.15) is 5.26 Å². The fourth-order valence-corrected chi connectivity index (χ4v) is 3.06. The van der Waals surface area contributed by atoms with Crippen molar-refractivity contribution in [1.29, 1.82) is 5.26 Å².